The van der Waals surface area contributed by atoms with Gasteiger partial charge in [0.2, 0.25) is 11.6 Å². The molecule has 0 N–H and O–H groups in total. The van der Waals surface area contributed by atoms with Crippen molar-refractivity contribution in [1.82, 2.24) is 0 Å². The first-order valence-corrected chi connectivity index (χ1v) is 9.12. The minimum absolute atomic E-state index is 0.370. The molecule has 0 unspecified atom stereocenters. The molecule has 3 aromatic rings. The average Bonchev–Trinajstić information content (AvgIpc) is 2.78. The van der Waals surface area contributed by atoms with Crippen LogP contribution in [-0.2, 0) is 0 Å². The van der Waals surface area contributed by atoms with Crippen LogP contribution < -0.4 is 18.9 Å². The van der Waals surface area contributed by atoms with Gasteiger partial charge in [-0.2, -0.15) is 0 Å². The van der Waals surface area contributed by atoms with Crippen molar-refractivity contribution in [3.8, 4) is 23.0 Å². The third kappa shape index (κ3) is 5.39. The highest BCUT2D eigenvalue weighted by Crippen LogP contribution is 2.37. The first kappa shape index (κ1) is 20.0. The summed E-state index contributed by atoms with van der Waals surface area (Å²) in [7, 11) is 3.16. The zero-order valence-electron chi connectivity index (χ0n) is 16.7. The van der Waals surface area contributed by atoms with E-state index in [1.807, 2.05) is 73.7 Å². The number of benzene rings is 3. The summed E-state index contributed by atoms with van der Waals surface area (Å²) in [5.41, 5.74) is 1.45. The quantitative estimate of drug-likeness (QED) is 0.291. The molecular formula is C24H23NO4. The number of ether oxygens (including phenoxy) is 4. The van der Waals surface area contributed by atoms with E-state index in [-0.39, 0.29) is 0 Å². The SMILES string of the molecule is COc1cccc(OC)c1OC(=N/c1ccccc1)/C(C)=C/Oc1ccccc1. The normalized spacial score (nSPS) is 11.7. The highest BCUT2D eigenvalue weighted by molar-refractivity contribution is 5.96. The molecule has 29 heavy (non-hydrogen) atoms. The van der Waals surface area contributed by atoms with Gasteiger partial charge in [0.25, 0.3) is 0 Å². The minimum Gasteiger partial charge on any atom is -0.493 e. The van der Waals surface area contributed by atoms with Crippen molar-refractivity contribution >= 4 is 11.6 Å². The standard InChI is InChI=1S/C24H23NO4/c1-18(17-28-20-13-8-5-9-14-20)24(25-19-11-6-4-7-12-19)29-23-21(26-2)15-10-16-22(23)27-3/h4-17H,1-3H3/b18-17+,25-24+. The Labute approximate surface area is 170 Å². The Kier molecular flexibility index (Phi) is 6.90. The summed E-state index contributed by atoms with van der Waals surface area (Å²) >= 11 is 0. The number of hydrogen-bond donors (Lipinski definition) is 0. The van der Waals surface area contributed by atoms with Crippen molar-refractivity contribution in [3.05, 3.63) is 90.7 Å². The highest BCUT2D eigenvalue weighted by Gasteiger charge is 2.16. The molecule has 0 heterocycles. The van der Waals surface area contributed by atoms with Crippen molar-refractivity contribution in [2.45, 2.75) is 6.92 Å². The van der Waals surface area contributed by atoms with Gasteiger partial charge in [-0.05, 0) is 43.3 Å². The molecule has 0 amide bonds. The average molecular weight is 389 g/mol. The second-order valence-corrected chi connectivity index (χ2v) is 6.08. The number of rotatable bonds is 7. The van der Waals surface area contributed by atoms with Gasteiger partial charge in [0.1, 0.15) is 5.75 Å². The number of para-hydroxylation sites is 3. The lowest BCUT2D eigenvalue weighted by molar-refractivity contribution is 0.359. The molecule has 148 valence electrons. The molecule has 0 aliphatic rings. The Balaban J connectivity index is 1.97. The first-order chi connectivity index (χ1) is 14.2. The fourth-order valence-corrected chi connectivity index (χ4v) is 2.53. The molecule has 0 saturated heterocycles. The molecule has 0 saturated carbocycles. The van der Waals surface area contributed by atoms with Crippen molar-refractivity contribution < 1.29 is 18.9 Å². The van der Waals surface area contributed by atoms with E-state index in [9.17, 15) is 0 Å². The Morgan fingerprint density at radius 3 is 1.93 bits per heavy atom. The van der Waals surface area contributed by atoms with Gasteiger partial charge in [-0.1, -0.05) is 42.5 Å². The van der Waals surface area contributed by atoms with Gasteiger partial charge >= 0.3 is 0 Å². The number of methoxy groups -OCH3 is 2. The molecule has 0 aliphatic carbocycles. The first-order valence-electron chi connectivity index (χ1n) is 9.12. The fraction of sp³-hybridized carbons (Fsp3) is 0.125. The zero-order valence-corrected chi connectivity index (χ0v) is 16.7. The molecule has 0 radical (unpaired) electrons. The fourth-order valence-electron chi connectivity index (χ4n) is 2.53. The van der Waals surface area contributed by atoms with Crippen LogP contribution in [0.15, 0.2) is 95.7 Å². The molecule has 0 aromatic heterocycles. The third-order valence-corrected chi connectivity index (χ3v) is 4.02. The van der Waals surface area contributed by atoms with Gasteiger partial charge in [0.05, 0.1) is 26.2 Å². The Morgan fingerprint density at radius 1 is 0.759 bits per heavy atom. The largest absolute Gasteiger partial charge is 0.493 e. The van der Waals surface area contributed by atoms with E-state index in [2.05, 4.69) is 4.99 Å². The summed E-state index contributed by atoms with van der Waals surface area (Å²) in [5.74, 6) is 2.62. The van der Waals surface area contributed by atoms with E-state index < -0.39 is 0 Å². The monoisotopic (exact) mass is 389 g/mol. The Morgan fingerprint density at radius 2 is 1.34 bits per heavy atom. The van der Waals surface area contributed by atoms with Gasteiger partial charge in [-0.3, -0.25) is 0 Å². The molecule has 3 aromatic carbocycles. The molecule has 5 nitrogen and oxygen atoms in total. The smallest absolute Gasteiger partial charge is 0.226 e. The van der Waals surface area contributed by atoms with Crippen LogP contribution >= 0.6 is 0 Å². The van der Waals surface area contributed by atoms with Gasteiger partial charge in [0.15, 0.2) is 11.5 Å². The maximum absolute atomic E-state index is 6.16. The van der Waals surface area contributed by atoms with Crippen molar-refractivity contribution in [1.29, 1.82) is 0 Å². The van der Waals surface area contributed by atoms with Crippen LogP contribution in [0.25, 0.3) is 0 Å². The lowest BCUT2D eigenvalue weighted by Crippen LogP contribution is -2.12. The van der Waals surface area contributed by atoms with Crippen LogP contribution in [0.1, 0.15) is 6.92 Å². The van der Waals surface area contributed by atoms with Crippen LogP contribution in [0.2, 0.25) is 0 Å². The summed E-state index contributed by atoms with van der Waals surface area (Å²) in [6.07, 6.45) is 1.61. The highest BCUT2D eigenvalue weighted by atomic mass is 16.5. The van der Waals surface area contributed by atoms with E-state index in [0.717, 1.165) is 11.4 Å². The molecule has 0 fully saturated rings. The minimum atomic E-state index is 0.370. The van der Waals surface area contributed by atoms with Gasteiger partial charge in [-0.15, -0.1) is 0 Å². The zero-order chi connectivity index (χ0) is 20.5. The topological polar surface area (TPSA) is 49.3 Å². The maximum atomic E-state index is 6.16. The third-order valence-electron chi connectivity index (χ3n) is 4.02. The van der Waals surface area contributed by atoms with Gasteiger partial charge in [-0.25, -0.2) is 4.99 Å². The van der Waals surface area contributed by atoms with Gasteiger partial charge in [0, 0.05) is 5.57 Å². The van der Waals surface area contributed by atoms with Crippen molar-refractivity contribution in [3.63, 3.8) is 0 Å². The van der Waals surface area contributed by atoms with Crippen LogP contribution in [-0.4, -0.2) is 20.1 Å². The molecule has 5 heteroatoms. The van der Waals surface area contributed by atoms with Crippen LogP contribution in [0.3, 0.4) is 0 Å². The van der Waals surface area contributed by atoms with Crippen molar-refractivity contribution in [2.75, 3.05) is 14.2 Å². The van der Waals surface area contributed by atoms with E-state index in [1.54, 1.807) is 32.6 Å². The lowest BCUT2D eigenvalue weighted by Gasteiger charge is -2.15. The van der Waals surface area contributed by atoms with Crippen LogP contribution in [0.4, 0.5) is 5.69 Å². The Bertz CT molecular complexity index is 960. The summed E-state index contributed by atoms with van der Waals surface area (Å²) in [6, 6.07) is 24.5. The lowest BCUT2D eigenvalue weighted by atomic mass is 10.2. The predicted molar refractivity (Wildman–Crippen MR) is 115 cm³/mol. The van der Waals surface area contributed by atoms with Crippen molar-refractivity contribution in [2.24, 2.45) is 4.99 Å². The molecular weight excluding hydrogens is 366 g/mol. The second-order valence-electron chi connectivity index (χ2n) is 6.08. The number of nitrogens with zero attached hydrogens (tertiary/aromatic N) is 1. The van der Waals surface area contributed by atoms with Crippen LogP contribution in [0, 0.1) is 0 Å². The summed E-state index contributed by atoms with van der Waals surface area (Å²) in [6.45, 7) is 1.87. The summed E-state index contributed by atoms with van der Waals surface area (Å²) in [4.78, 5) is 4.65. The summed E-state index contributed by atoms with van der Waals surface area (Å²) in [5, 5.41) is 0. The molecule has 0 bridgehead atoms. The number of hydrogen-bond acceptors (Lipinski definition) is 5. The second kappa shape index (κ2) is 9.99. The summed E-state index contributed by atoms with van der Waals surface area (Å²) < 4.78 is 22.8. The van der Waals surface area contributed by atoms with E-state index >= 15 is 0 Å². The molecule has 3 rings (SSSR count). The van der Waals surface area contributed by atoms with Gasteiger partial charge < -0.3 is 18.9 Å². The number of aliphatic imine (C=N–C) groups is 1. The predicted octanol–water partition coefficient (Wildman–Crippen LogP) is 5.80. The molecule has 0 spiro atoms. The van der Waals surface area contributed by atoms with E-state index in [4.69, 9.17) is 18.9 Å². The van der Waals surface area contributed by atoms with E-state index in [0.29, 0.717) is 28.7 Å². The van der Waals surface area contributed by atoms with E-state index in [1.165, 1.54) is 0 Å². The Hall–Kier alpha value is -3.73. The molecule has 0 aliphatic heterocycles. The van der Waals surface area contributed by atoms with Crippen LogP contribution in [0.5, 0.6) is 23.0 Å². The molecule has 0 atom stereocenters. The maximum Gasteiger partial charge on any atom is 0.226 e.